The zero-order valence-corrected chi connectivity index (χ0v) is 11.4. The molecule has 1 unspecified atom stereocenters. The van der Waals surface area contributed by atoms with Gasteiger partial charge in [0.2, 0.25) is 0 Å². The quantitative estimate of drug-likeness (QED) is 0.291. The van der Waals surface area contributed by atoms with Crippen molar-refractivity contribution in [3.63, 3.8) is 0 Å². The monoisotopic (exact) mass is 334 g/mol. The Labute approximate surface area is 109 Å². The van der Waals surface area contributed by atoms with Crippen molar-refractivity contribution in [3.05, 3.63) is 29.3 Å². The maximum Gasteiger partial charge on any atom is 0.337 e. The van der Waals surface area contributed by atoms with E-state index < -0.39 is 0 Å². The third-order valence-electron chi connectivity index (χ3n) is 2.36. The van der Waals surface area contributed by atoms with Crippen molar-refractivity contribution in [1.82, 2.24) is 5.32 Å². The Morgan fingerprint density at radius 1 is 1.62 bits per heavy atom. The fourth-order valence-electron chi connectivity index (χ4n) is 1.44. The molecule has 5 heteroatoms. The smallest absolute Gasteiger partial charge is 0.337 e. The first-order chi connectivity index (χ1) is 7.60. The van der Waals surface area contributed by atoms with Gasteiger partial charge in [-0.2, -0.15) is 0 Å². The SMILES string of the molecule is COC(=O)c1ccc(C(C)NCI)c(N)c1. The first-order valence-electron chi connectivity index (χ1n) is 4.87. The minimum atomic E-state index is -0.368. The molecule has 1 aromatic carbocycles. The van der Waals surface area contributed by atoms with Crippen LogP contribution in [0.1, 0.15) is 28.9 Å². The number of halogens is 1. The van der Waals surface area contributed by atoms with Crippen LogP contribution in [0.4, 0.5) is 5.69 Å². The standard InChI is InChI=1S/C11H15IN2O2/c1-7(14-6-12)9-4-3-8(5-10(9)13)11(15)16-2/h3-5,7,14H,6,13H2,1-2H3. The maximum absolute atomic E-state index is 11.3. The van der Waals surface area contributed by atoms with Crippen LogP contribution in [-0.4, -0.2) is 17.6 Å². The molecule has 0 aliphatic rings. The molecule has 0 heterocycles. The molecular formula is C11H15IN2O2. The van der Waals surface area contributed by atoms with Crippen LogP contribution in [-0.2, 0) is 4.74 Å². The molecule has 1 rings (SSSR count). The fraction of sp³-hybridized carbons (Fsp3) is 0.364. The second kappa shape index (κ2) is 6.05. The van der Waals surface area contributed by atoms with E-state index in [1.165, 1.54) is 7.11 Å². The van der Waals surface area contributed by atoms with E-state index in [0.717, 1.165) is 10.1 Å². The van der Waals surface area contributed by atoms with E-state index in [-0.39, 0.29) is 12.0 Å². The third kappa shape index (κ3) is 3.08. The lowest BCUT2D eigenvalue weighted by Crippen LogP contribution is -2.17. The Bertz CT molecular complexity index is 382. The number of ether oxygens (including phenoxy) is 1. The van der Waals surface area contributed by atoms with Gasteiger partial charge in [-0.15, -0.1) is 0 Å². The van der Waals surface area contributed by atoms with Gasteiger partial charge in [0.1, 0.15) is 0 Å². The van der Waals surface area contributed by atoms with Gasteiger partial charge in [-0.3, -0.25) is 0 Å². The number of nitrogen functional groups attached to an aromatic ring is 1. The number of hydrogen-bond donors (Lipinski definition) is 2. The Morgan fingerprint density at radius 2 is 2.31 bits per heavy atom. The summed E-state index contributed by atoms with van der Waals surface area (Å²) in [6, 6.07) is 5.39. The first-order valence-corrected chi connectivity index (χ1v) is 6.39. The molecule has 0 amide bonds. The maximum atomic E-state index is 11.3. The van der Waals surface area contributed by atoms with Gasteiger partial charge in [-0.25, -0.2) is 4.79 Å². The molecule has 4 nitrogen and oxygen atoms in total. The Hall–Kier alpha value is -0.820. The van der Waals surface area contributed by atoms with Gasteiger partial charge in [-0.05, 0) is 24.6 Å². The predicted molar refractivity (Wildman–Crippen MR) is 72.6 cm³/mol. The van der Waals surface area contributed by atoms with Crippen LogP contribution in [0, 0.1) is 0 Å². The number of nitrogens with two attached hydrogens (primary N) is 1. The highest BCUT2D eigenvalue weighted by Crippen LogP contribution is 2.21. The van der Waals surface area contributed by atoms with Gasteiger partial charge in [-0.1, -0.05) is 28.7 Å². The Balaban J connectivity index is 2.95. The zero-order chi connectivity index (χ0) is 12.1. The van der Waals surface area contributed by atoms with Gasteiger partial charge in [0.05, 0.1) is 12.7 Å². The molecule has 1 atom stereocenters. The number of nitrogens with one attached hydrogen (secondary N) is 1. The molecular weight excluding hydrogens is 319 g/mol. The Kier molecular flexibility index (Phi) is 5.01. The van der Waals surface area contributed by atoms with Crippen LogP contribution < -0.4 is 11.1 Å². The molecule has 0 saturated heterocycles. The van der Waals surface area contributed by atoms with Gasteiger partial charge in [0.15, 0.2) is 0 Å². The van der Waals surface area contributed by atoms with E-state index in [1.807, 2.05) is 13.0 Å². The summed E-state index contributed by atoms with van der Waals surface area (Å²) in [5.41, 5.74) is 7.97. The number of alkyl halides is 1. The Morgan fingerprint density at radius 3 is 2.81 bits per heavy atom. The average molecular weight is 334 g/mol. The van der Waals surface area contributed by atoms with Gasteiger partial charge >= 0.3 is 5.97 Å². The predicted octanol–water partition coefficient (Wildman–Crippen LogP) is 2.10. The first kappa shape index (κ1) is 13.2. The number of esters is 1. The van der Waals surface area contributed by atoms with Crippen LogP contribution >= 0.6 is 22.6 Å². The van der Waals surface area contributed by atoms with E-state index in [2.05, 4.69) is 32.6 Å². The van der Waals surface area contributed by atoms with Crippen LogP contribution in [0.15, 0.2) is 18.2 Å². The number of benzene rings is 1. The summed E-state index contributed by atoms with van der Waals surface area (Å²) < 4.78 is 5.47. The number of anilines is 1. The molecule has 0 aliphatic heterocycles. The van der Waals surface area contributed by atoms with Crippen molar-refractivity contribution in [2.45, 2.75) is 13.0 Å². The largest absolute Gasteiger partial charge is 0.465 e. The van der Waals surface area contributed by atoms with Gasteiger partial charge in [0, 0.05) is 16.3 Å². The zero-order valence-electron chi connectivity index (χ0n) is 9.29. The van der Waals surface area contributed by atoms with E-state index >= 15 is 0 Å². The lowest BCUT2D eigenvalue weighted by atomic mass is 10.0. The second-order valence-electron chi connectivity index (χ2n) is 3.39. The highest BCUT2D eigenvalue weighted by atomic mass is 127. The highest BCUT2D eigenvalue weighted by Gasteiger charge is 2.11. The van der Waals surface area contributed by atoms with Crippen molar-refractivity contribution in [2.24, 2.45) is 0 Å². The number of methoxy groups -OCH3 is 1. The van der Waals surface area contributed by atoms with Crippen molar-refractivity contribution >= 4 is 34.2 Å². The summed E-state index contributed by atoms with van der Waals surface area (Å²) in [5, 5.41) is 3.26. The number of carbonyl (C=O) groups is 1. The summed E-state index contributed by atoms with van der Waals surface area (Å²) in [7, 11) is 1.35. The van der Waals surface area contributed by atoms with Crippen molar-refractivity contribution < 1.29 is 9.53 Å². The van der Waals surface area contributed by atoms with Crippen molar-refractivity contribution in [2.75, 3.05) is 17.4 Å². The summed E-state index contributed by atoms with van der Waals surface area (Å²) in [5.74, 6) is -0.368. The summed E-state index contributed by atoms with van der Waals surface area (Å²) in [6.07, 6.45) is 0. The summed E-state index contributed by atoms with van der Waals surface area (Å²) in [6.45, 7) is 2.03. The molecule has 16 heavy (non-hydrogen) atoms. The minimum absolute atomic E-state index is 0.170. The molecule has 0 fully saturated rings. The molecule has 3 N–H and O–H groups in total. The number of rotatable bonds is 4. The van der Waals surface area contributed by atoms with Crippen molar-refractivity contribution in [3.8, 4) is 0 Å². The average Bonchev–Trinajstić information content (AvgIpc) is 2.28. The van der Waals surface area contributed by atoms with Crippen LogP contribution in [0.2, 0.25) is 0 Å². The third-order valence-corrected chi connectivity index (χ3v) is 2.80. The van der Waals surface area contributed by atoms with E-state index in [4.69, 9.17) is 5.73 Å². The molecule has 0 bridgehead atoms. The molecule has 0 saturated carbocycles. The van der Waals surface area contributed by atoms with E-state index in [0.29, 0.717) is 11.3 Å². The van der Waals surface area contributed by atoms with Gasteiger partial charge in [0.25, 0.3) is 0 Å². The molecule has 0 radical (unpaired) electrons. The topological polar surface area (TPSA) is 64.3 Å². The lowest BCUT2D eigenvalue weighted by molar-refractivity contribution is 0.0601. The van der Waals surface area contributed by atoms with Crippen molar-refractivity contribution in [1.29, 1.82) is 0 Å². The fourth-order valence-corrected chi connectivity index (χ4v) is 2.10. The normalized spacial score (nSPS) is 12.2. The molecule has 1 aromatic rings. The van der Waals surface area contributed by atoms with E-state index in [9.17, 15) is 4.79 Å². The minimum Gasteiger partial charge on any atom is -0.465 e. The molecule has 0 aromatic heterocycles. The van der Waals surface area contributed by atoms with Crippen LogP contribution in [0.25, 0.3) is 0 Å². The second-order valence-corrected chi connectivity index (χ2v) is 4.16. The summed E-state index contributed by atoms with van der Waals surface area (Å²) in [4.78, 5) is 11.3. The summed E-state index contributed by atoms with van der Waals surface area (Å²) >= 11 is 2.24. The highest BCUT2D eigenvalue weighted by molar-refractivity contribution is 14.1. The van der Waals surface area contributed by atoms with Gasteiger partial charge < -0.3 is 15.8 Å². The molecule has 0 spiro atoms. The van der Waals surface area contributed by atoms with Crippen LogP contribution in [0.5, 0.6) is 0 Å². The lowest BCUT2D eigenvalue weighted by Gasteiger charge is -2.15. The molecule has 0 aliphatic carbocycles. The number of carbonyl (C=O) groups excluding carboxylic acids is 1. The molecule has 88 valence electrons. The van der Waals surface area contributed by atoms with E-state index in [1.54, 1.807) is 12.1 Å². The van der Waals surface area contributed by atoms with Crippen LogP contribution in [0.3, 0.4) is 0 Å². The number of hydrogen-bond acceptors (Lipinski definition) is 4.